The molecule has 22 heavy (non-hydrogen) atoms. The van der Waals surface area contributed by atoms with Gasteiger partial charge < -0.3 is 9.15 Å². The lowest BCUT2D eigenvalue weighted by molar-refractivity contribution is 0.414. The number of hydrogen-bond donors (Lipinski definition) is 0. The van der Waals surface area contributed by atoms with Gasteiger partial charge in [0.05, 0.1) is 7.11 Å². The molecule has 0 amide bonds. The molecule has 0 aliphatic heterocycles. The molecule has 0 bridgehead atoms. The lowest BCUT2D eigenvalue weighted by Crippen LogP contribution is -1.87. The van der Waals surface area contributed by atoms with Gasteiger partial charge in [-0.3, -0.25) is 0 Å². The Balaban J connectivity index is 1.73. The minimum Gasteiger partial charge on any atom is -0.497 e. The Bertz CT molecular complexity index is 726. The van der Waals surface area contributed by atoms with Crippen LogP contribution in [-0.4, -0.2) is 17.3 Å². The highest BCUT2D eigenvalue weighted by molar-refractivity contribution is 7.99. The molecule has 3 rings (SSSR count). The number of rotatable bonds is 5. The number of thioether (sulfide) groups is 1. The zero-order chi connectivity index (χ0) is 15.4. The predicted molar refractivity (Wildman–Crippen MR) is 87.0 cm³/mol. The lowest BCUT2D eigenvalue weighted by atomic mass is 10.2. The summed E-state index contributed by atoms with van der Waals surface area (Å²) in [6.45, 7) is 2.12. The van der Waals surface area contributed by atoms with Gasteiger partial charge in [0.1, 0.15) is 5.75 Å². The van der Waals surface area contributed by atoms with Crippen LogP contribution in [-0.2, 0) is 0 Å². The van der Waals surface area contributed by atoms with Crippen LogP contribution < -0.4 is 4.74 Å². The van der Waals surface area contributed by atoms with Crippen LogP contribution in [0.3, 0.4) is 0 Å². The van der Waals surface area contributed by atoms with Crippen molar-refractivity contribution in [3.63, 3.8) is 0 Å². The molecular formula is C17H16N2O2S. The molecule has 1 atom stereocenters. The van der Waals surface area contributed by atoms with Crippen molar-refractivity contribution < 1.29 is 9.15 Å². The van der Waals surface area contributed by atoms with Crippen LogP contribution >= 0.6 is 11.8 Å². The van der Waals surface area contributed by atoms with Crippen LogP contribution in [0.2, 0.25) is 0 Å². The lowest BCUT2D eigenvalue weighted by Gasteiger charge is -2.07. The Labute approximate surface area is 133 Å². The van der Waals surface area contributed by atoms with E-state index in [1.54, 1.807) is 18.9 Å². The molecule has 2 aromatic carbocycles. The third kappa shape index (κ3) is 3.31. The summed E-state index contributed by atoms with van der Waals surface area (Å²) in [4.78, 5) is 0. The van der Waals surface area contributed by atoms with Crippen molar-refractivity contribution in [2.75, 3.05) is 7.11 Å². The SMILES string of the molecule is COc1ccc(-c2nnc(SC(C)c3ccccc3)o2)cc1. The van der Waals surface area contributed by atoms with Gasteiger partial charge in [-0.1, -0.05) is 42.1 Å². The number of methoxy groups -OCH3 is 1. The number of benzene rings is 2. The van der Waals surface area contributed by atoms with Crippen molar-refractivity contribution in [3.05, 3.63) is 60.2 Å². The molecule has 1 heterocycles. The third-order valence-electron chi connectivity index (χ3n) is 3.29. The van der Waals surface area contributed by atoms with Gasteiger partial charge in [0.15, 0.2) is 0 Å². The topological polar surface area (TPSA) is 48.2 Å². The molecule has 0 spiro atoms. The molecule has 4 nitrogen and oxygen atoms in total. The molecule has 0 aliphatic rings. The molecule has 1 unspecified atom stereocenters. The minimum atomic E-state index is 0.255. The van der Waals surface area contributed by atoms with E-state index in [1.807, 2.05) is 42.5 Å². The van der Waals surface area contributed by atoms with Gasteiger partial charge in [-0.05, 0) is 36.8 Å². The zero-order valence-electron chi connectivity index (χ0n) is 12.4. The maximum Gasteiger partial charge on any atom is 0.277 e. The molecule has 0 radical (unpaired) electrons. The smallest absolute Gasteiger partial charge is 0.277 e. The van der Waals surface area contributed by atoms with Gasteiger partial charge in [0, 0.05) is 10.8 Å². The van der Waals surface area contributed by atoms with Gasteiger partial charge in [-0.15, -0.1) is 10.2 Å². The Morgan fingerprint density at radius 2 is 1.73 bits per heavy atom. The van der Waals surface area contributed by atoms with E-state index in [0.717, 1.165) is 11.3 Å². The van der Waals surface area contributed by atoms with Crippen molar-refractivity contribution in [2.24, 2.45) is 0 Å². The van der Waals surface area contributed by atoms with E-state index in [9.17, 15) is 0 Å². The van der Waals surface area contributed by atoms with Crippen molar-refractivity contribution in [1.29, 1.82) is 0 Å². The summed E-state index contributed by atoms with van der Waals surface area (Å²) in [5, 5.41) is 9.05. The molecular weight excluding hydrogens is 296 g/mol. The highest BCUT2D eigenvalue weighted by atomic mass is 32.2. The molecule has 112 valence electrons. The fourth-order valence-corrected chi connectivity index (χ4v) is 2.86. The molecule has 0 N–H and O–H groups in total. The van der Waals surface area contributed by atoms with Gasteiger partial charge in [0.2, 0.25) is 5.89 Å². The predicted octanol–water partition coefficient (Wildman–Crippen LogP) is 4.60. The number of aromatic nitrogens is 2. The van der Waals surface area contributed by atoms with Crippen LogP contribution in [0, 0.1) is 0 Å². The van der Waals surface area contributed by atoms with Gasteiger partial charge >= 0.3 is 0 Å². The summed E-state index contributed by atoms with van der Waals surface area (Å²) in [7, 11) is 1.64. The Hall–Kier alpha value is -2.27. The molecule has 0 aliphatic carbocycles. The minimum absolute atomic E-state index is 0.255. The summed E-state index contributed by atoms with van der Waals surface area (Å²) in [6.07, 6.45) is 0. The standard InChI is InChI=1S/C17H16N2O2S/c1-12(13-6-4-3-5-7-13)22-17-19-18-16(21-17)14-8-10-15(20-2)11-9-14/h3-12H,1-2H3. The molecule has 0 saturated carbocycles. The Morgan fingerprint density at radius 1 is 1.00 bits per heavy atom. The van der Waals surface area contributed by atoms with E-state index in [-0.39, 0.29) is 5.25 Å². The summed E-state index contributed by atoms with van der Waals surface area (Å²) in [6, 6.07) is 17.8. The van der Waals surface area contributed by atoms with Crippen molar-refractivity contribution >= 4 is 11.8 Å². The monoisotopic (exact) mass is 312 g/mol. The van der Waals surface area contributed by atoms with E-state index in [2.05, 4.69) is 29.3 Å². The maximum absolute atomic E-state index is 5.74. The highest BCUT2D eigenvalue weighted by Gasteiger charge is 2.14. The van der Waals surface area contributed by atoms with E-state index in [0.29, 0.717) is 11.1 Å². The molecule has 5 heteroatoms. The second kappa shape index (κ2) is 6.66. The summed E-state index contributed by atoms with van der Waals surface area (Å²) < 4.78 is 10.9. The molecule has 0 fully saturated rings. The van der Waals surface area contributed by atoms with Crippen molar-refractivity contribution in [3.8, 4) is 17.2 Å². The highest BCUT2D eigenvalue weighted by Crippen LogP contribution is 2.35. The fraction of sp³-hybridized carbons (Fsp3) is 0.176. The average molecular weight is 312 g/mol. The fourth-order valence-electron chi connectivity index (χ4n) is 2.05. The summed E-state index contributed by atoms with van der Waals surface area (Å²) in [5.74, 6) is 1.32. The normalized spacial score (nSPS) is 12.1. The Kier molecular flexibility index (Phi) is 4.44. The second-order valence-corrected chi connectivity index (χ2v) is 6.06. The van der Waals surface area contributed by atoms with Crippen LogP contribution in [0.5, 0.6) is 5.75 Å². The summed E-state index contributed by atoms with van der Waals surface area (Å²) in [5.41, 5.74) is 2.12. The average Bonchev–Trinajstić information content (AvgIpc) is 3.04. The summed E-state index contributed by atoms with van der Waals surface area (Å²) >= 11 is 1.55. The van der Waals surface area contributed by atoms with Crippen LogP contribution in [0.1, 0.15) is 17.7 Å². The van der Waals surface area contributed by atoms with E-state index < -0.39 is 0 Å². The quantitative estimate of drug-likeness (QED) is 0.644. The first kappa shape index (κ1) is 14.7. The van der Waals surface area contributed by atoms with E-state index in [1.165, 1.54) is 5.56 Å². The van der Waals surface area contributed by atoms with Crippen LogP contribution in [0.4, 0.5) is 0 Å². The molecule has 1 aromatic heterocycles. The van der Waals surface area contributed by atoms with E-state index >= 15 is 0 Å². The first-order chi connectivity index (χ1) is 10.8. The van der Waals surface area contributed by atoms with Crippen molar-refractivity contribution in [1.82, 2.24) is 10.2 Å². The van der Waals surface area contributed by atoms with Crippen molar-refractivity contribution in [2.45, 2.75) is 17.4 Å². The van der Waals surface area contributed by atoms with Gasteiger partial charge in [-0.2, -0.15) is 0 Å². The first-order valence-corrected chi connectivity index (χ1v) is 7.84. The molecule has 0 saturated heterocycles. The number of hydrogen-bond acceptors (Lipinski definition) is 5. The molecule has 3 aromatic rings. The van der Waals surface area contributed by atoms with Crippen LogP contribution in [0.25, 0.3) is 11.5 Å². The van der Waals surface area contributed by atoms with E-state index in [4.69, 9.17) is 9.15 Å². The number of nitrogens with zero attached hydrogens (tertiary/aromatic N) is 2. The maximum atomic E-state index is 5.74. The third-order valence-corrected chi connectivity index (χ3v) is 4.28. The number of ether oxygens (including phenoxy) is 1. The largest absolute Gasteiger partial charge is 0.497 e. The van der Waals surface area contributed by atoms with Gasteiger partial charge in [0.25, 0.3) is 5.22 Å². The van der Waals surface area contributed by atoms with Gasteiger partial charge in [-0.25, -0.2) is 0 Å². The first-order valence-electron chi connectivity index (χ1n) is 6.96. The Morgan fingerprint density at radius 3 is 2.41 bits per heavy atom. The van der Waals surface area contributed by atoms with Crippen LogP contribution in [0.15, 0.2) is 64.2 Å². The zero-order valence-corrected chi connectivity index (χ0v) is 13.2. The second-order valence-electron chi connectivity index (χ2n) is 4.77.